The summed E-state index contributed by atoms with van der Waals surface area (Å²) < 4.78 is 1.63. The number of fused-ring (bicyclic) bond motifs is 1. The molecule has 2 N–H and O–H groups in total. The Bertz CT molecular complexity index is 798. The average Bonchev–Trinajstić information content (AvgIpc) is 2.73. The fourth-order valence-corrected chi connectivity index (χ4v) is 1.84. The summed E-state index contributed by atoms with van der Waals surface area (Å²) >= 11 is 0. The van der Waals surface area contributed by atoms with E-state index in [-0.39, 0.29) is 0 Å². The van der Waals surface area contributed by atoms with E-state index in [1.807, 2.05) is 30.3 Å². The average molecular weight is 242 g/mol. The third kappa shape index (κ3) is 1.84. The summed E-state index contributed by atoms with van der Waals surface area (Å²) in [6, 6.07) is 9.75. The van der Waals surface area contributed by atoms with Gasteiger partial charge in [0, 0.05) is 6.20 Å². The maximum atomic E-state index is 11.5. The highest BCUT2D eigenvalue weighted by atomic mass is 16.2. The first-order chi connectivity index (χ1) is 8.72. The summed E-state index contributed by atoms with van der Waals surface area (Å²) in [5.74, 6) is 0. The van der Waals surface area contributed by atoms with Crippen molar-refractivity contribution in [1.82, 2.24) is 19.7 Å². The van der Waals surface area contributed by atoms with Crippen molar-refractivity contribution in [3.8, 4) is 0 Å². The van der Waals surface area contributed by atoms with Gasteiger partial charge in [0.1, 0.15) is 5.39 Å². The Morgan fingerprint density at radius 2 is 1.89 bits per heavy atom. The van der Waals surface area contributed by atoms with Crippen LogP contribution in [0.2, 0.25) is 0 Å². The smallest absolute Gasteiger partial charge is 0.290 e. The highest BCUT2D eigenvalue weighted by Gasteiger charge is 2.06. The number of nitrogens with one attached hydrogen (secondary N) is 2. The Balaban J connectivity index is 2.07. The van der Waals surface area contributed by atoms with Gasteiger partial charge in [-0.3, -0.25) is 19.4 Å². The van der Waals surface area contributed by atoms with Gasteiger partial charge in [0.2, 0.25) is 0 Å². The Kier molecular flexibility index (Phi) is 2.33. The van der Waals surface area contributed by atoms with Crippen LogP contribution in [0.15, 0.2) is 46.1 Å². The quantitative estimate of drug-likeness (QED) is 0.684. The lowest BCUT2D eigenvalue weighted by Gasteiger charge is -1.99. The van der Waals surface area contributed by atoms with Gasteiger partial charge in [-0.25, -0.2) is 4.79 Å². The molecular formula is C12H10N4O2. The number of benzene rings is 1. The van der Waals surface area contributed by atoms with Gasteiger partial charge >= 0.3 is 5.69 Å². The largest absolute Gasteiger partial charge is 0.327 e. The molecule has 0 radical (unpaired) electrons. The predicted octanol–water partition coefficient (Wildman–Crippen LogP) is 0.461. The molecule has 0 saturated heterocycles. The van der Waals surface area contributed by atoms with Gasteiger partial charge in [0.05, 0.1) is 6.54 Å². The molecular weight excluding hydrogens is 232 g/mol. The Morgan fingerprint density at radius 1 is 1.11 bits per heavy atom. The van der Waals surface area contributed by atoms with E-state index in [9.17, 15) is 9.59 Å². The van der Waals surface area contributed by atoms with Crippen molar-refractivity contribution in [2.24, 2.45) is 0 Å². The highest BCUT2D eigenvalue weighted by Crippen LogP contribution is 2.05. The molecule has 0 aliphatic heterocycles. The van der Waals surface area contributed by atoms with Crippen LogP contribution in [-0.2, 0) is 6.54 Å². The van der Waals surface area contributed by atoms with E-state index in [0.717, 1.165) is 5.56 Å². The maximum absolute atomic E-state index is 11.5. The van der Waals surface area contributed by atoms with E-state index >= 15 is 0 Å². The van der Waals surface area contributed by atoms with Crippen LogP contribution in [0.4, 0.5) is 0 Å². The van der Waals surface area contributed by atoms with Crippen LogP contribution < -0.4 is 11.2 Å². The van der Waals surface area contributed by atoms with Gasteiger partial charge in [-0.15, -0.1) is 0 Å². The second-order valence-corrected chi connectivity index (χ2v) is 3.98. The van der Waals surface area contributed by atoms with Crippen LogP contribution in [0.25, 0.3) is 11.0 Å². The second-order valence-electron chi connectivity index (χ2n) is 3.98. The molecule has 18 heavy (non-hydrogen) atoms. The van der Waals surface area contributed by atoms with Crippen molar-refractivity contribution < 1.29 is 0 Å². The fraction of sp³-hybridized carbons (Fsp3) is 0.0833. The molecule has 3 aromatic rings. The van der Waals surface area contributed by atoms with Crippen molar-refractivity contribution in [3.05, 3.63) is 62.9 Å². The summed E-state index contributed by atoms with van der Waals surface area (Å²) in [4.78, 5) is 27.3. The van der Waals surface area contributed by atoms with Crippen molar-refractivity contribution in [1.29, 1.82) is 0 Å². The first kappa shape index (κ1) is 10.5. The molecule has 0 saturated carbocycles. The molecule has 0 bridgehead atoms. The van der Waals surface area contributed by atoms with Crippen LogP contribution >= 0.6 is 0 Å². The normalized spacial score (nSPS) is 10.9. The number of hydrogen-bond acceptors (Lipinski definition) is 3. The molecule has 1 aromatic carbocycles. The van der Waals surface area contributed by atoms with Gasteiger partial charge in [-0.1, -0.05) is 30.3 Å². The molecule has 0 aliphatic carbocycles. The molecule has 0 atom stereocenters. The van der Waals surface area contributed by atoms with Crippen LogP contribution in [0.5, 0.6) is 0 Å². The van der Waals surface area contributed by atoms with Crippen molar-refractivity contribution >= 4 is 11.0 Å². The topological polar surface area (TPSA) is 83.5 Å². The maximum Gasteiger partial charge on any atom is 0.327 e. The lowest BCUT2D eigenvalue weighted by Crippen LogP contribution is -2.21. The Hall–Kier alpha value is -2.63. The zero-order chi connectivity index (χ0) is 12.5. The predicted molar refractivity (Wildman–Crippen MR) is 66.5 cm³/mol. The number of H-pyrrole nitrogens is 2. The van der Waals surface area contributed by atoms with Crippen LogP contribution in [0.1, 0.15) is 5.56 Å². The van der Waals surface area contributed by atoms with Crippen molar-refractivity contribution in [2.75, 3.05) is 0 Å². The molecule has 2 heterocycles. The van der Waals surface area contributed by atoms with Gasteiger partial charge in [-0.2, -0.15) is 5.10 Å². The van der Waals surface area contributed by atoms with E-state index in [2.05, 4.69) is 15.1 Å². The monoisotopic (exact) mass is 242 g/mol. The molecule has 2 aromatic heterocycles. The first-order valence-corrected chi connectivity index (χ1v) is 5.46. The molecule has 0 unspecified atom stereocenters. The van der Waals surface area contributed by atoms with E-state index < -0.39 is 11.2 Å². The molecule has 3 rings (SSSR count). The Morgan fingerprint density at radius 3 is 2.67 bits per heavy atom. The zero-order valence-electron chi connectivity index (χ0n) is 9.38. The zero-order valence-corrected chi connectivity index (χ0v) is 9.38. The molecule has 90 valence electrons. The van der Waals surface area contributed by atoms with Crippen LogP contribution in [-0.4, -0.2) is 19.7 Å². The van der Waals surface area contributed by atoms with Crippen LogP contribution in [0.3, 0.4) is 0 Å². The first-order valence-electron chi connectivity index (χ1n) is 5.46. The standard InChI is InChI=1S/C12H10N4O2/c17-11-9-7-16(6-8-4-2-1-3-5-8)15-10(9)13-12(18)14-11/h1-5,7H,6H2,(H2,13,14,15,17,18). The summed E-state index contributed by atoms with van der Waals surface area (Å²) in [6.45, 7) is 0.553. The van der Waals surface area contributed by atoms with Gasteiger partial charge in [0.15, 0.2) is 5.65 Å². The van der Waals surface area contributed by atoms with E-state index in [4.69, 9.17) is 0 Å². The molecule has 0 spiro atoms. The number of rotatable bonds is 2. The summed E-state index contributed by atoms with van der Waals surface area (Å²) in [6.07, 6.45) is 1.62. The minimum Gasteiger partial charge on any atom is -0.290 e. The fourth-order valence-electron chi connectivity index (χ4n) is 1.84. The third-order valence-electron chi connectivity index (χ3n) is 2.65. The number of aromatic nitrogens is 4. The van der Waals surface area contributed by atoms with Crippen molar-refractivity contribution in [2.45, 2.75) is 6.54 Å². The number of nitrogens with zero attached hydrogens (tertiary/aromatic N) is 2. The second kappa shape index (κ2) is 3.99. The van der Waals surface area contributed by atoms with E-state index in [1.54, 1.807) is 10.9 Å². The number of hydrogen-bond donors (Lipinski definition) is 2. The van der Waals surface area contributed by atoms with E-state index in [1.165, 1.54) is 0 Å². The minimum absolute atomic E-state index is 0.305. The molecule has 6 nitrogen and oxygen atoms in total. The SMILES string of the molecule is O=c1[nH]c(=O)c2cn(Cc3ccccc3)nc2[nH]1. The lowest BCUT2D eigenvalue weighted by molar-refractivity contribution is 0.693. The lowest BCUT2D eigenvalue weighted by atomic mass is 10.2. The summed E-state index contributed by atoms with van der Waals surface area (Å²) in [7, 11) is 0. The molecule has 6 heteroatoms. The summed E-state index contributed by atoms with van der Waals surface area (Å²) in [5.41, 5.74) is 0.411. The molecule has 0 aliphatic rings. The third-order valence-corrected chi connectivity index (χ3v) is 2.65. The van der Waals surface area contributed by atoms with Gasteiger partial charge in [0.25, 0.3) is 5.56 Å². The highest BCUT2D eigenvalue weighted by molar-refractivity contribution is 5.71. The van der Waals surface area contributed by atoms with Crippen LogP contribution in [0, 0.1) is 0 Å². The Labute approximate surface area is 101 Å². The molecule has 0 fully saturated rings. The minimum atomic E-state index is -0.544. The van der Waals surface area contributed by atoms with Gasteiger partial charge in [-0.05, 0) is 5.56 Å². The number of aromatic amines is 2. The van der Waals surface area contributed by atoms with Gasteiger partial charge < -0.3 is 0 Å². The summed E-state index contributed by atoms with van der Waals surface area (Å²) in [5, 5.41) is 4.55. The molecule has 0 amide bonds. The van der Waals surface area contributed by atoms with Crippen molar-refractivity contribution in [3.63, 3.8) is 0 Å². The van der Waals surface area contributed by atoms with E-state index in [0.29, 0.717) is 17.6 Å².